The molecule has 0 atom stereocenters. The Morgan fingerprint density at radius 1 is 1.45 bits per heavy atom. The Hall–Kier alpha value is -0.860. The number of carbonyl (C=O) groups is 1. The van der Waals surface area contributed by atoms with Crippen LogP contribution in [-0.2, 0) is 16.1 Å². The molecule has 0 spiro atoms. The molecular weight excluding hydrogens is 347 g/mol. The molecule has 1 fully saturated rings. The summed E-state index contributed by atoms with van der Waals surface area (Å²) in [6.45, 7) is 2.01. The van der Waals surface area contributed by atoms with Crippen molar-refractivity contribution in [3.63, 3.8) is 0 Å². The van der Waals surface area contributed by atoms with Crippen molar-refractivity contribution in [3.8, 4) is 0 Å². The van der Waals surface area contributed by atoms with Gasteiger partial charge >= 0.3 is 0 Å². The number of carbonyl (C=O) groups excluding carboxylic acids is 1. The van der Waals surface area contributed by atoms with Crippen molar-refractivity contribution in [1.29, 1.82) is 0 Å². The van der Waals surface area contributed by atoms with Gasteiger partial charge in [-0.15, -0.1) is 36.2 Å². The van der Waals surface area contributed by atoms with Gasteiger partial charge in [-0.25, -0.2) is 4.98 Å². The molecule has 124 valence electrons. The van der Waals surface area contributed by atoms with E-state index < -0.39 is 5.41 Å². The van der Waals surface area contributed by atoms with Crippen molar-refractivity contribution in [2.45, 2.75) is 19.4 Å². The maximum atomic E-state index is 12.4. The standard InChI is InChI=1S/C13H18N4O2S.2ClH/c14-9-13(1-4-19-5-2-13)11(18)15-7-10-8-17-3-6-20-12(17)16-10;;/h3,6,8H,1-2,4-5,7,9,14H2,(H,15,18);2*1H. The van der Waals surface area contributed by atoms with Crippen LogP contribution in [0.3, 0.4) is 0 Å². The van der Waals surface area contributed by atoms with Crippen molar-refractivity contribution in [2.75, 3.05) is 19.8 Å². The maximum absolute atomic E-state index is 12.4. The van der Waals surface area contributed by atoms with E-state index in [1.54, 1.807) is 11.3 Å². The molecule has 3 rings (SSSR count). The number of thiazole rings is 1. The zero-order valence-corrected chi connectivity index (χ0v) is 14.4. The summed E-state index contributed by atoms with van der Waals surface area (Å²) in [4.78, 5) is 17.8. The summed E-state index contributed by atoms with van der Waals surface area (Å²) in [7, 11) is 0. The second-order valence-electron chi connectivity index (χ2n) is 5.10. The van der Waals surface area contributed by atoms with Gasteiger partial charge in [0, 0.05) is 37.5 Å². The van der Waals surface area contributed by atoms with Gasteiger partial charge in [0.1, 0.15) is 0 Å². The van der Waals surface area contributed by atoms with Crippen LogP contribution in [0.2, 0.25) is 0 Å². The number of fused-ring (bicyclic) bond motifs is 1. The number of nitrogens with zero attached hydrogens (tertiary/aromatic N) is 2. The Balaban J connectivity index is 0.00000121. The Morgan fingerprint density at radius 3 is 2.82 bits per heavy atom. The number of imidazole rings is 1. The van der Waals surface area contributed by atoms with Gasteiger partial charge in [-0.3, -0.25) is 9.20 Å². The minimum absolute atomic E-state index is 0. The Morgan fingerprint density at radius 2 is 2.18 bits per heavy atom. The third kappa shape index (κ3) is 3.72. The van der Waals surface area contributed by atoms with Crippen molar-refractivity contribution >= 4 is 47.0 Å². The molecule has 0 radical (unpaired) electrons. The number of hydrogen-bond acceptors (Lipinski definition) is 5. The van der Waals surface area contributed by atoms with Gasteiger partial charge in [0.15, 0.2) is 4.96 Å². The Kier molecular flexibility index (Phi) is 7.08. The van der Waals surface area contributed by atoms with Crippen molar-refractivity contribution in [1.82, 2.24) is 14.7 Å². The number of amides is 1. The van der Waals surface area contributed by atoms with E-state index >= 15 is 0 Å². The van der Waals surface area contributed by atoms with Crippen LogP contribution in [0.15, 0.2) is 17.8 Å². The maximum Gasteiger partial charge on any atom is 0.227 e. The molecule has 2 aromatic rings. The molecule has 1 amide bonds. The highest BCUT2D eigenvalue weighted by atomic mass is 35.5. The normalized spacial score (nSPS) is 16.6. The van der Waals surface area contributed by atoms with E-state index in [4.69, 9.17) is 10.5 Å². The van der Waals surface area contributed by atoms with E-state index in [-0.39, 0.29) is 30.7 Å². The summed E-state index contributed by atoms with van der Waals surface area (Å²) < 4.78 is 7.28. The lowest BCUT2D eigenvalue weighted by Crippen LogP contribution is -2.49. The highest BCUT2D eigenvalue weighted by Crippen LogP contribution is 2.29. The average molecular weight is 367 g/mol. The molecule has 0 aromatic carbocycles. The molecule has 0 unspecified atom stereocenters. The third-order valence-electron chi connectivity index (χ3n) is 3.90. The first-order valence-corrected chi connectivity index (χ1v) is 7.59. The summed E-state index contributed by atoms with van der Waals surface area (Å²) >= 11 is 1.58. The Bertz CT molecular complexity index is 581. The number of nitrogens with two attached hydrogens (primary N) is 1. The molecule has 6 nitrogen and oxygen atoms in total. The predicted molar refractivity (Wildman–Crippen MR) is 91.0 cm³/mol. The smallest absolute Gasteiger partial charge is 0.227 e. The van der Waals surface area contributed by atoms with Gasteiger partial charge < -0.3 is 15.8 Å². The zero-order chi connectivity index (χ0) is 14.0. The van der Waals surface area contributed by atoms with Crippen molar-refractivity contribution < 1.29 is 9.53 Å². The average Bonchev–Trinajstić information content (AvgIpc) is 3.06. The summed E-state index contributed by atoms with van der Waals surface area (Å²) in [6.07, 6.45) is 5.27. The van der Waals surface area contributed by atoms with E-state index in [2.05, 4.69) is 10.3 Å². The van der Waals surface area contributed by atoms with Gasteiger partial charge in [0.05, 0.1) is 17.7 Å². The number of rotatable bonds is 4. The first-order chi connectivity index (χ1) is 9.73. The number of ether oxygens (including phenoxy) is 1. The van der Waals surface area contributed by atoms with Crippen LogP contribution >= 0.6 is 36.2 Å². The molecule has 9 heteroatoms. The predicted octanol–water partition coefficient (Wildman–Crippen LogP) is 1.61. The quantitative estimate of drug-likeness (QED) is 0.860. The molecule has 0 saturated carbocycles. The van der Waals surface area contributed by atoms with Gasteiger partial charge in [-0.2, -0.15) is 0 Å². The minimum atomic E-state index is -0.477. The molecule has 1 aliphatic rings. The summed E-state index contributed by atoms with van der Waals surface area (Å²) in [5.41, 5.74) is 6.21. The topological polar surface area (TPSA) is 81.7 Å². The number of halogens is 2. The second-order valence-corrected chi connectivity index (χ2v) is 5.98. The monoisotopic (exact) mass is 366 g/mol. The van der Waals surface area contributed by atoms with E-state index in [9.17, 15) is 4.79 Å². The lowest BCUT2D eigenvalue weighted by Gasteiger charge is -2.34. The van der Waals surface area contributed by atoms with Crippen LogP contribution in [-0.4, -0.2) is 35.1 Å². The lowest BCUT2D eigenvalue weighted by molar-refractivity contribution is -0.136. The molecule has 22 heavy (non-hydrogen) atoms. The second kappa shape index (κ2) is 8.12. The summed E-state index contributed by atoms with van der Waals surface area (Å²) in [5, 5.41) is 4.95. The molecular formula is C13H20Cl2N4O2S. The zero-order valence-electron chi connectivity index (χ0n) is 12.0. The SMILES string of the molecule is Cl.Cl.NCC1(C(=O)NCc2cn3ccsc3n2)CCOCC1. The van der Waals surface area contributed by atoms with E-state index in [1.807, 2.05) is 22.2 Å². The highest BCUT2D eigenvalue weighted by molar-refractivity contribution is 7.15. The van der Waals surface area contributed by atoms with Gasteiger partial charge in [0.2, 0.25) is 5.91 Å². The van der Waals surface area contributed by atoms with Crippen LogP contribution in [0, 0.1) is 5.41 Å². The number of aromatic nitrogens is 2. The van der Waals surface area contributed by atoms with Gasteiger partial charge in [-0.1, -0.05) is 0 Å². The fraction of sp³-hybridized carbons (Fsp3) is 0.538. The van der Waals surface area contributed by atoms with Crippen LogP contribution in [0.5, 0.6) is 0 Å². The largest absolute Gasteiger partial charge is 0.381 e. The van der Waals surface area contributed by atoms with Crippen LogP contribution in [0.1, 0.15) is 18.5 Å². The summed E-state index contributed by atoms with van der Waals surface area (Å²) in [5.74, 6) is 0.0136. The van der Waals surface area contributed by atoms with E-state index in [0.29, 0.717) is 39.1 Å². The molecule has 1 saturated heterocycles. The first kappa shape index (κ1) is 19.2. The van der Waals surface area contributed by atoms with Crippen molar-refractivity contribution in [2.24, 2.45) is 11.1 Å². The number of hydrogen-bond donors (Lipinski definition) is 2. The molecule has 3 N–H and O–H groups in total. The first-order valence-electron chi connectivity index (χ1n) is 6.71. The Labute approximate surface area is 145 Å². The fourth-order valence-electron chi connectivity index (χ4n) is 2.51. The van der Waals surface area contributed by atoms with E-state index in [1.165, 1.54) is 0 Å². The third-order valence-corrected chi connectivity index (χ3v) is 4.67. The van der Waals surface area contributed by atoms with Crippen LogP contribution in [0.25, 0.3) is 4.96 Å². The molecule has 2 aromatic heterocycles. The van der Waals surface area contributed by atoms with Crippen LogP contribution in [0.4, 0.5) is 0 Å². The lowest BCUT2D eigenvalue weighted by atomic mass is 9.79. The fourth-order valence-corrected chi connectivity index (χ4v) is 3.22. The minimum Gasteiger partial charge on any atom is -0.381 e. The highest BCUT2D eigenvalue weighted by Gasteiger charge is 2.38. The van der Waals surface area contributed by atoms with E-state index in [0.717, 1.165) is 10.7 Å². The molecule has 1 aliphatic heterocycles. The molecule has 3 heterocycles. The van der Waals surface area contributed by atoms with Gasteiger partial charge in [0.25, 0.3) is 0 Å². The van der Waals surface area contributed by atoms with Gasteiger partial charge in [-0.05, 0) is 12.8 Å². The molecule has 0 bridgehead atoms. The number of nitrogens with one attached hydrogen (secondary N) is 1. The molecule has 0 aliphatic carbocycles. The van der Waals surface area contributed by atoms with Crippen molar-refractivity contribution in [3.05, 3.63) is 23.5 Å². The summed E-state index contributed by atoms with van der Waals surface area (Å²) in [6, 6.07) is 0. The van der Waals surface area contributed by atoms with Crippen LogP contribution < -0.4 is 11.1 Å².